The summed E-state index contributed by atoms with van der Waals surface area (Å²) in [7, 11) is 0. The second-order valence-electron chi connectivity index (χ2n) is 11.1. The summed E-state index contributed by atoms with van der Waals surface area (Å²) in [6.45, 7) is 5.09. The Labute approximate surface area is 229 Å². The highest BCUT2D eigenvalue weighted by Gasteiger charge is 2.22. The minimum atomic E-state index is -0.469. The van der Waals surface area contributed by atoms with E-state index in [0.717, 1.165) is 49.5 Å². The van der Waals surface area contributed by atoms with Crippen molar-refractivity contribution >= 4 is 34.6 Å². The Kier molecular flexibility index (Phi) is 7.65. The molecular weight excluding hydrogens is 490 g/mol. The number of nitrogens with zero attached hydrogens (tertiary/aromatic N) is 4. The molecular formula is C30H39N7O2. The minimum Gasteiger partial charge on any atom is -0.378 e. The SMILES string of the molecule is O=c1c(NCCNc2cc(N3CCCC3)nc(N3CCCC3)n2)c(Nc2ccc(C3CCCCC3)cc2)c1=O. The monoisotopic (exact) mass is 529 g/mol. The fraction of sp³-hybridized carbons (Fsp3) is 0.533. The van der Waals surface area contributed by atoms with Crippen molar-refractivity contribution in [2.75, 3.05) is 65.0 Å². The van der Waals surface area contributed by atoms with Gasteiger partial charge in [-0.2, -0.15) is 9.97 Å². The summed E-state index contributed by atoms with van der Waals surface area (Å²) in [6, 6.07) is 10.3. The van der Waals surface area contributed by atoms with E-state index in [9.17, 15) is 9.59 Å². The molecule has 3 fully saturated rings. The van der Waals surface area contributed by atoms with Gasteiger partial charge in [0.25, 0.3) is 10.9 Å². The molecule has 1 aromatic heterocycles. The molecule has 9 nitrogen and oxygen atoms in total. The first kappa shape index (κ1) is 25.6. The van der Waals surface area contributed by atoms with Crippen molar-refractivity contribution < 1.29 is 0 Å². The molecule has 1 aliphatic carbocycles. The first-order chi connectivity index (χ1) is 19.2. The van der Waals surface area contributed by atoms with Gasteiger partial charge in [0.05, 0.1) is 0 Å². The molecule has 206 valence electrons. The maximum Gasteiger partial charge on any atom is 0.253 e. The molecule has 3 heterocycles. The molecule has 0 atom stereocenters. The lowest BCUT2D eigenvalue weighted by Gasteiger charge is -2.22. The topological polar surface area (TPSA) is 102 Å². The van der Waals surface area contributed by atoms with Crippen LogP contribution >= 0.6 is 0 Å². The second kappa shape index (κ2) is 11.6. The molecule has 3 aromatic rings. The average molecular weight is 530 g/mol. The predicted molar refractivity (Wildman–Crippen MR) is 159 cm³/mol. The standard InChI is InChI=1S/C30H39N7O2/c38-28-26(27(29(28)39)33-23-12-10-22(11-13-23)21-8-2-1-3-9-21)32-15-14-31-24-20-25(36-16-4-5-17-36)35-30(34-24)37-18-6-7-19-37/h10-13,20-21,32-33H,1-9,14-19H2,(H,31,34,35). The maximum absolute atomic E-state index is 12.3. The molecule has 6 rings (SSSR count). The van der Waals surface area contributed by atoms with Crippen LogP contribution in [0.2, 0.25) is 0 Å². The number of aromatic nitrogens is 2. The second-order valence-corrected chi connectivity index (χ2v) is 11.1. The molecule has 2 aliphatic heterocycles. The van der Waals surface area contributed by atoms with Gasteiger partial charge in [0.2, 0.25) is 5.95 Å². The molecule has 39 heavy (non-hydrogen) atoms. The van der Waals surface area contributed by atoms with Crippen molar-refractivity contribution in [3.8, 4) is 0 Å². The van der Waals surface area contributed by atoms with Crippen LogP contribution in [0.5, 0.6) is 0 Å². The Morgan fingerprint density at radius 1 is 0.718 bits per heavy atom. The minimum absolute atomic E-state index is 0.347. The number of benzene rings is 1. The van der Waals surface area contributed by atoms with Crippen LogP contribution in [0, 0.1) is 0 Å². The van der Waals surface area contributed by atoms with Gasteiger partial charge in [-0.25, -0.2) is 0 Å². The fourth-order valence-electron chi connectivity index (χ4n) is 6.16. The van der Waals surface area contributed by atoms with Crippen molar-refractivity contribution in [2.24, 2.45) is 0 Å². The van der Waals surface area contributed by atoms with Crippen LogP contribution in [0.4, 0.5) is 34.6 Å². The van der Waals surface area contributed by atoms with Crippen LogP contribution in [-0.2, 0) is 0 Å². The maximum atomic E-state index is 12.3. The highest BCUT2D eigenvalue weighted by atomic mass is 16.2. The first-order valence-electron chi connectivity index (χ1n) is 14.7. The number of anilines is 6. The van der Waals surface area contributed by atoms with Crippen LogP contribution < -0.4 is 36.6 Å². The van der Waals surface area contributed by atoms with E-state index in [2.05, 4.69) is 37.9 Å². The zero-order valence-corrected chi connectivity index (χ0v) is 22.7. The molecule has 2 saturated heterocycles. The van der Waals surface area contributed by atoms with Crippen molar-refractivity contribution in [3.05, 3.63) is 56.3 Å². The zero-order chi connectivity index (χ0) is 26.6. The van der Waals surface area contributed by atoms with Gasteiger partial charge in [0.15, 0.2) is 0 Å². The average Bonchev–Trinajstić information content (AvgIpc) is 3.72. The number of rotatable bonds is 10. The Morgan fingerprint density at radius 3 is 2.08 bits per heavy atom. The predicted octanol–water partition coefficient (Wildman–Crippen LogP) is 4.59. The Morgan fingerprint density at radius 2 is 1.36 bits per heavy atom. The van der Waals surface area contributed by atoms with Crippen molar-refractivity contribution in [3.63, 3.8) is 0 Å². The fourth-order valence-corrected chi connectivity index (χ4v) is 6.16. The summed E-state index contributed by atoms with van der Waals surface area (Å²) in [4.78, 5) is 38.9. The van der Waals surface area contributed by atoms with Gasteiger partial charge < -0.3 is 25.8 Å². The summed E-state index contributed by atoms with van der Waals surface area (Å²) in [5.74, 6) is 3.19. The van der Waals surface area contributed by atoms with Crippen molar-refractivity contribution in [1.82, 2.24) is 9.97 Å². The van der Waals surface area contributed by atoms with E-state index in [1.807, 2.05) is 18.2 Å². The summed E-state index contributed by atoms with van der Waals surface area (Å²) in [5.41, 5.74) is 1.96. The molecule has 0 unspecified atom stereocenters. The highest BCUT2D eigenvalue weighted by molar-refractivity contribution is 5.78. The molecule has 1 saturated carbocycles. The van der Waals surface area contributed by atoms with E-state index < -0.39 is 10.9 Å². The molecule has 2 aromatic carbocycles. The van der Waals surface area contributed by atoms with Gasteiger partial charge in [-0.1, -0.05) is 31.4 Å². The van der Waals surface area contributed by atoms with Gasteiger partial charge in [-0.3, -0.25) is 9.59 Å². The van der Waals surface area contributed by atoms with Gasteiger partial charge in [-0.05, 0) is 62.1 Å². The van der Waals surface area contributed by atoms with E-state index in [0.29, 0.717) is 30.4 Å². The summed E-state index contributed by atoms with van der Waals surface area (Å²) in [5, 5.41) is 9.73. The van der Waals surface area contributed by atoms with Crippen LogP contribution in [0.1, 0.15) is 69.3 Å². The molecule has 3 N–H and O–H groups in total. The summed E-state index contributed by atoms with van der Waals surface area (Å²) >= 11 is 0. The molecule has 0 amide bonds. The van der Waals surface area contributed by atoms with Crippen LogP contribution in [-0.4, -0.2) is 49.2 Å². The molecule has 0 spiro atoms. The van der Waals surface area contributed by atoms with Crippen molar-refractivity contribution in [2.45, 2.75) is 63.7 Å². The zero-order valence-electron chi connectivity index (χ0n) is 22.7. The third-order valence-electron chi connectivity index (χ3n) is 8.42. The number of hydrogen-bond acceptors (Lipinski definition) is 9. The van der Waals surface area contributed by atoms with E-state index >= 15 is 0 Å². The van der Waals surface area contributed by atoms with Crippen LogP contribution in [0.3, 0.4) is 0 Å². The normalized spacial score (nSPS) is 18.2. The lowest BCUT2D eigenvalue weighted by molar-refractivity contribution is 0.443. The molecule has 9 heteroatoms. The number of nitrogens with one attached hydrogen (secondary N) is 3. The Hall–Kier alpha value is -3.62. The van der Waals surface area contributed by atoms with Gasteiger partial charge in [0, 0.05) is 51.0 Å². The van der Waals surface area contributed by atoms with Crippen molar-refractivity contribution in [1.29, 1.82) is 0 Å². The van der Waals surface area contributed by atoms with Gasteiger partial charge >= 0.3 is 0 Å². The Balaban J connectivity index is 1.06. The molecule has 3 aliphatic rings. The Bertz CT molecular complexity index is 1300. The van der Waals surface area contributed by atoms with Gasteiger partial charge in [0.1, 0.15) is 23.0 Å². The number of hydrogen-bond donors (Lipinski definition) is 3. The lowest BCUT2D eigenvalue weighted by atomic mass is 9.84. The van der Waals surface area contributed by atoms with E-state index in [1.165, 1.54) is 63.4 Å². The van der Waals surface area contributed by atoms with Crippen LogP contribution in [0.25, 0.3) is 0 Å². The quantitative estimate of drug-likeness (QED) is 0.257. The lowest BCUT2D eigenvalue weighted by Crippen LogP contribution is -2.37. The first-order valence-corrected chi connectivity index (χ1v) is 14.7. The summed E-state index contributed by atoms with van der Waals surface area (Å²) < 4.78 is 0. The van der Waals surface area contributed by atoms with Gasteiger partial charge in [-0.15, -0.1) is 0 Å². The smallest absolute Gasteiger partial charge is 0.253 e. The molecule has 0 radical (unpaired) electrons. The van der Waals surface area contributed by atoms with Crippen LogP contribution in [0.15, 0.2) is 39.9 Å². The van der Waals surface area contributed by atoms with E-state index in [-0.39, 0.29) is 0 Å². The van der Waals surface area contributed by atoms with E-state index in [4.69, 9.17) is 9.97 Å². The highest BCUT2D eigenvalue weighted by Crippen LogP contribution is 2.33. The summed E-state index contributed by atoms with van der Waals surface area (Å²) in [6.07, 6.45) is 11.2. The molecule has 0 bridgehead atoms. The third-order valence-corrected chi connectivity index (χ3v) is 8.42. The largest absolute Gasteiger partial charge is 0.378 e. The van der Waals surface area contributed by atoms with E-state index in [1.54, 1.807) is 0 Å². The third kappa shape index (κ3) is 5.72.